The van der Waals surface area contributed by atoms with E-state index in [1.165, 1.54) is 6.08 Å². The topological polar surface area (TPSA) is 55.8 Å². The zero-order chi connectivity index (χ0) is 16.1. The number of ketones is 1. The second-order valence-electron chi connectivity index (χ2n) is 5.67. The summed E-state index contributed by atoms with van der Waals surface area (Å²) in [4.78, 5) is 12.0. The molecule has 2 aliphatic rings. The van der Waals surface area contributed by atoms with E-state index < -0.39 is 0 Å². The number of rotatable bonds is 5. The fraction of sp³-hybridized carbons (Fsp3) is 0.316. The monoisotopic (exact) mass is 312 g/mol. The Hall–Kier alpha value is -2.33. The molecule has 0 saturated carbocycles. The minimum atomic E-state index is -0.275. The van der Waals surface area contributed by atoms with Crippen molar-refractivity contribution in [3.05, 3.63) is 60.2 Å². The molecule has 0 radical (unpaired) electrons. The van der Waals surface area contributed by atoms with Crippen LogP contribution < -0.4 is 4.74 Å². The quantitative estimate of drug-likeness (QED) is 0.663. The molecule has 4 heteroatoms. The maximum absolute atomic E-state index is 12.0. The van der Waals surface area contributed by atoms with E-state index in [0.717, 1.165) is 25.9 Å². The van der Waals surface area contributed by atoms with E-state index >= 15 is 0 Å². The molecule has 0 amide bonds. The average molecular weight is 312 g/mol. The van der Waals surface area contributed by atoms with E-state index in [0.29, 0.717) is 11.3 Å². The van der Waals surface area contributed by atoms with E-state index in [2.05, 4.69) is 0 Å². The lowest BCUT2D eigenvalue weighted by atomic mass is 10.0. The minimum absolute atomic E-state index is 0.0378. The fourth-order valence-electron chi connectivity index (χ4n) is 2.60. The van der Waals surface area contributed by atoms with Gasteiger partial charge in [-0.2, -0.15) is 0 Å². The largest absolute Gasteiger partial charge is 0.507 e. The number of carbonyl (C=O) groups excluding carboxylic acids is 1. The van der Waals surface area contributed by atoms with E-state index in [-0.39, 0.29) is 23.8 Å². The van der Waals surface area contributed by atoms with Crippen LogP contribution in [-0.2, 0) is 9.53 Å². The lowest BCUT2D eigenvalue weighted by Crippen LogP contribution is -2.24. The molecular weight excluding hydrogens is 292 g/mol. The first-order valence-corrected chi connectivity index (χ1v) is 7.90. The molecule has 1 N–H and O–H groups in total. The van der Waals surface area contributed by atoms with Gasteiger partial charge in [-0.1, -0.05) is 24.3 Å². The van der Waals surface area contributed by atoms with Crippen LogP contribution in [0.15, 0.2) is 54.6 Å². The average Bonchev–Trinajstić information content (AvgIpc) is 3.11. The van der Waals surface area contributed by atoms with Crippen molar-refractivity contribution in [1.29, 1.82) is 0 Å². The van der Waals surface area contributed by atoms with Crippen molar-refractivity contribution in [2.75, 3.05) is 6.61 Å². The molecule has 1 aliphatic heterocycles. The first kappa shape index (κ1) is 15.6. The molecule has 0 spiro atoms. The molecule has 120 valence electrons. The Morgan fingerprint density at radius 3 is 2.57 bits per heavy atom. The van der Waals surface area contributed by atoms with Gasteiger partial charge < -0.3 is 14.6 Å². The Morgan fingerprint density at radius 2 is 1.91 bits per heavy atom. The molecule has 1 aliphatic carbocycles. The first-order valence-electron chi connectivity index (χ1n) is 7.90. The lowest BCUT2D eigenvalue weighted by Gasteiger charge is -2.23. The third-order valence-corrected chi connectivity index (χ3v) is 3.91. The van der Waals surface area contributed by atoms with Crippen molar-refractivity contribution in [3.63, 3.8) is 0 Å². The predicted molar refractivity (Wildman–Crippen MR) is 88.0 cm³/mol. The molecule has 3 rings (SSSR count). The van der Waals surface area contributed by atoms with Crippen LogP contribution in [0, 0.1) is 5.92 Å². The second-order valence-corrected chi connectivity index (χ2v) is 5.67. The first-order chi connectivity index (χ1) is 11.2. The highest BCUT2D eigenvalue weighted by Crippen LogP contribution is 2.22. The van der Waals surface area contributed by atoms with E-state index in [1.54, 1.807) is 36.4 Å². The van der Waals surface area contributed by atoms with Crippen molar-refractivity contribution in [2.45, 2.75) is 25.6 Å². The van der Waals surface area contributed by atoms with Crippen LogP contribution in [0.4, 0.5) is 0 Å². The van der Waals surface area contributed by atoms with Crippen LogP contribution in [0.3, 0.4) is 0 Å². The van der Waals surface area contributed by atoms with E-state index in [9.17, 15) is 9.90 Å². The predicted octanol–water partition coefficient (Wildman–Crippen LogP) is 3.80. The van der Waals surface area contributed by atoms with Gasteiger partial charge in [0.1, 0.15) is 11.5 Å². The lowest BCUT2D eigenvalue weighted by molar-refractivity contribution is -0.115. The van der Waals surface area contributed by atoms with Crippen molar-refractivity contribution in [1.82, 2.24) is 0 Å². The summed E-state index contributed by atoms with van der Waals surface area (Å²) in [5.74, 6) is 0.247. The number of aliphatic hydroxyl groups is 1. The summed E-state index contributed by atoms with van der Waals surface area (Å²) < 4.78 is 11.3. The number of allylic oxidation sites excluding steroid dienone is 5. The minimum Gasteiger partial charge on any atom is -0.507 e. The second kappa shape index (κ2) is 7.29. The number of aliphatic hydroxyl groups excluding tert-OH is 1. The Morgan fingerprint density at radius 1 is 1.17 bits per heavy atom. The van der Waals surface area contributed by atoms with Crippen LogP contribution in [0.5, 0.6) is 5.75 Å². The number of hydrogen-bond donors (Lipinski definition) is 1. The molecular formula is C19H20O4. The summed E-state index contributed by atoms with van der Waals surface area (Å²) in [5, 5.41) is 10.1. The summed E-state index contributed by atoms with van der Waals surface area (Å²) >= 11 is 0. The molecule has 0 aromatic heterocycles. The maximum Gasteiger partial charge on any atom is 0.199 e. The van der Waals surface area contributed by atoms with Gasteiger partial charge in [-0.25, -0.2) is 0 Å². The Bertz CT molecular complexity index is 622. The number of benzene rings is 1. The molecule has 1 heterocycles. The standard InChI is InChI=1S/C19H20O4/c20-17(14-5-1-2-6-14)13-18(21)15-8-10-16(11-9-15)23-19-7-3-4-12-22-19/h1-2,5-6,8-11,13-14,19,21H,3-4,7,12H2/b18-13-. The zero-order valence-electron chi connectivity index (χ0n) is 12.9. The summed E-state index contributed by atoms with van der Waals surface area (Å²) in [5.41, 5.74) is 0.584. The van der Waals surface area contributed by atoms with Crippen LogP contribution >= 0.6 is 0 Å². The van der Waals surface area contributed by atoms with Crippen molar-refractivity contribution >= 4 is 11.5 Å². The molecule has 1 unspecified atom stereocenters. The third kappa shape index (κ3) is 4.11. The van der Waals surface area contributed by atoms with Gasteiger partial charge in [-0.3, -0.25) is 4.79 Å². The van der Waals surface area contributed by atoms with Crippen molar-refractivity contribution in [2.24, 2.45) is 5.92 Å². The maximum atomic E-state index is 12.0. The molecule has 1 saturated heterocycles. The summed E-state index contributed by atoms with van der Waals surface area (Å²) in [6.07, 6.45) is 11.4. The van der Waals surface area contributed by atoms with Crippen LogP contribution in [0.2, 0.25) is 0 Å². The SMILES string of the molecule is O=C(/C=C(\O)c1ccc(OC2CCCCO2)cc1)C1C=CC=C1. The summed E-state index contributed by atoms with van der Waals surface area (Å²) in [7, 11) is 0. The molecule has 1 atom stereocenters. The molecule has 0 bridgehead atoms. The molecule has 4 nitrogen and oxygen atoms in total. The number of hydrogen-bond acceptors (Lipinski definition) is 4. The van der Waals surface area contributed by atoms with E-state index in [4.69, 9.17) is 9.47 Å². The van der Waals surface area contributed by atoms with E-state index in [1.807, 2.05) is 12.2 Å². The zero-order valence-corrected chi connectivity index (χ0v) is 12.9. The number of ether oxygens (including phenoxy) is 2. The molecule has 1 fully saturated rings. The Labute approximate surface area is 135 Å². The third-order valence-electron chi connectivity index (χ3n) is 3.91. The van der Waals surface area contributed by atoms with Gasteiger partial charge in [-0.05, 0) is 37.1 Å². The van der Waals surface area contributed by atoms with Crippen LogP contribution in [0.1, 0.15) is 24.8 Å². The fourth-order valence-corrected chi connectivity index (χ4v) is 2.60. The van der Waals surface area contributed by atoms with Crippen molar-refractivity contribution in [3.8, 4) is 5.75 Å². The van der Waals surface area contributed by atoms with Crippen LogP contribution in [-0.4, -0.2) is 23.8 Å². The number of carbonyl (C=O) groups is 1. The highest BCUT2D eigenvalue weighted by atomic mass is 16.7. The molecule has 23 heavy (non-hydrogen) atoms. The summed E-state index contributed by atoms with van der Waals surface area (Å²) in [6.45, 7) is 0.735. The normalized spacial score (nSPS) is 21.6. The van der Waals surface area contributed by atoms with Gasteiger partial charge in [0.25, 0.3) is 0 Å². The van der Waals surface area contributed by atoms with Crippen LogP contribution in [0.25, 0.3) is 5.76 Å². The smallest absolute Gasteiger partial charge is 0.199 e. The van der Waals surface area contributed by atoms with Gasteiger partial charge >= 0.3 is 0 Å². The molecule has 1 aromatic carbocycles. The highest BCUT2D eigenvalue weighted by molar-refractivity contribution is 5.99. The summed E-state index contributed by atoms with van der Waals surface area (Å²) in [6, 6.07) is 7.02. The van der Waals surface area contributed by atoms with Gasteiger partial charge in [0.2, 0.25) is 0 Å². The van der Waals surface area contributed by atoms with Gasteiger partial charge in [0.15, 0.2) is 12.1 Å². The Balaban J connectivity index is 1.62. The van der Waals surface area contributed by atoms with Gasteiger partial charge in [0.05, 0.1) is 12.5 Å². The highest BCUT2D eigenvalue weighted by Gasteiger charge is 2.16. The van der Waals surface area contributed by atoms with Gasteiger partial charge in [0, 0.05) is 18.1 Å². The Kier molecular flexibility index (Phi) is 4.93. The molecule has 1 aromatic rings. The van der Waals surface area contributed by atoms with Gasteiger partial charge in [-0.15, -0.1) is 0 Å². The van der Waals surface area contributed by atoms with Crippen molar-refractivity contribution < 1.29 is 19.4 Å².